The van der Waals surface area contributed by atoms with E-state index in [1.807, 2.05) is 11.0 Å². The fraction of sp³-hybridized carbons (Fsp3) is 0.333. The van der Waals surface area contributed by atoms with Crippen LogP contribution in [0.4, 0.5) is 10.6 Å². The molecule has 5 nitrogen and oxygen atoms in total. The van der Waals surface area contributed by atoms with E-state index in [0.717, 1.165) is 10.9 Å². The van der Waals surface area contributed by atoms with Crippen molar-refractivity contribution in [1.29, 1.82) is 0 Å². The summed E-state index contributed by atoms with van der Waals surface area (Å²) >= 11 is 3.48. The first-order valence-corrected chi connectivity index (χ1v) is 7.60. The Balaban J connectivity index is 1.77. The highest BCUT2D eigenvalue weighted by atomic mass is 79.9. The number of amides is 2. The van der Waals surface area contributed by atoms with Crippen LogP contribution < -0.4 is 5.32 Å². The number of halogens is 1. The summed E-state index contributed by atoms with van der Waals surface area (Å²) in [5.74, 6) is 1.12. The second-order valence-electron chi connectivity index (χ2n) is 5.35. The lowest BCUT2D eigenvalue weighted by Crippen LogP contribution is -2.44. The molecule has 2 amide bonds. The van der Waals surface area contributed by atoms with E-state index in [1.165, 1.54) is 11.1 Å². The zero-order chi connectivity index (χ0) is 15.0. The van der Waals surface area contributed by atoms with Crippen LogP contribution in [-0.4, -0.2) is 22.1 Å². The molecule has 6 heteroatoms. The summed E-state index contributed by atoms with van der Waals surface area (Å²) in [6.07, 6.45) is 0.855. The maximum atomic E-state index is 12.4. The van der Waals surface area contributed by atoms with Gasteiger partial charge in [-0.3, -0.25) is 5.32 Å². The van der Waals surface area contributed by atoms with Gasteiger partial charge >= 0.3 is 6.03 Å². The highest BCUT2D eigenvalue weighted by molar-refractivity contribution is 9.10. The molecule has 1 aromatic heterocycles. The van der Waals surface area contributed by atoms with E-state index >= 15 is 0 Å². The second kappa shape index (κ2) is 5.52. The number of rotatable bonds is 1. The molecule has 0 radical (unpaired) electrons. The van der Waals surface area contributed by atoms with Crippen LogP contribution in [-0.2, 0) is 13.0 Å². The van der Waals surface area contributed by atoms with Crippen molar-refractivity contribution < 1.29 is 9.32 Å². The molecule has 2 aromatic rings. The van der Waals surface area contributed by atoms with Gasteiger partial charge in [-0.25, -0.2) is 4.79 Å². The molecule has 0 aliphatic carbocycles. The number of aryl methyl sites for hydroxylation is 1. The fourth-order valence-electron chi connectivity index (χ4n) is 2.59. The third-order valence-electron chi connectivity index (χ3n) is 3.68. The van der Waals surface area contributed by atoms with Crippen molar-refractivity contribution >= 4 is 27.8 Å². The summed E-state index contributed by atoms with van der Waals surface area (Å²) in [6.45, 7) is 4.44. The van der Waals surface area contributed by atoms with Crippen LogP contribution in [0.5, 0.6) is 0 Å². The Labute approximate surface area is 131 Å². The molecular weight excluding hydrogens is 334 g/mol. The van der Waals surface area contributed by atoms with Gasteiger partial charge in [0.25, 0.3) is 0 Å². The number of carbonyl (C=O) groups is 1. The van der Waals surface area contributed by atoms with Crippen molar-refractivity contribution in [2.24, 2.45) is 0 Å². The van der Waals surface area contributed by atoms with Gasteiger partial charge in [-0.05, 0) is 43.5 Å². The number of nitrogens with one attached hydrogen (secondary N) is 1. The molecule has 1 aliphatic heterocycles. The second-order valence-corrected chi connectivity index (χ2v) is 6.26. The molecule has 1 aliphatic rings. The summed E-state index contributed by atoms with van der Waals surface area (Å²) in [5, 5.41) is 6.57. The lowest BCUT2D eigenvalue weighted by atomic mass is 9.95. The van der Waals surface area contributed by atoms with E-state index in [1.54, 1.807) is 13.0 Å². The van der Waals surface area contributed by atoms with Gasteiger partial charge in [0.15, 0.2) is 5.82 Å². The van der Waals surface area contributed by atoms with E-state index in [9.17, 15) is 4.79 Å². The Morgan fingerprint density at radius 3 is 2.95 bits per heavy atom. The van der Waals surface area contributed by atoms with E-state index in [4.69, 9.17) is 4.52 Å². The molecule has 2 heterocycles. The van der Waals surface area contributed by atoms with Gasteiger partial charge in [0, 0.05) is 23.1 Å². The lowest BCUT2D eigenvalue weighted by molar-refractivity contribution is 0.182. The average Bonchev–Trinajstić information content (AvgIpc) is 2.83. The van der Waals surface area contributed by atoms with Crippen molar-refractivity contribution in [3.8, 4) is 0 Å². The summed E-state index contributed by atoms with van der Waals surface area (Å²) < 4.78 is 5.99. The third-order valence-corrected chi connectivity index (χ3v) is 4.17. The lowest BCUT2D eigenvalue weighted by Gasteiger charge is -2.34. The minimum absolute atomic E-state index is 0.145. The van der Waals surface area contributed by atoms with Gasteiger partial charge in [0.05, 0.1) is 0 Å². The Kier molecular flexibility index (Phi) is 3.71. The summed E-state index contributed by atoms with van der Waals surface area (Å²) in [6, 6.07) is 7.93. The number of aromatic nitrogens is 1. The number of anilines is 1. The first-order chi connectivity index (χ1) is 10.0. The number of urea groups is 1. The summed E-state index contributed by atoms with van der Waals surface area (Å²) in [7, 11) is 0. The summed E-state index contributed by atoms with van der Waals surface area (Å²) in [5.41, 5.74) is 2.47. The minimum atomic E-state index is -0.151. The molecule has 0 saturated carbocycles. The molecule has 1 aromatic carbocycles. The van der Waals surface area contributed by atoms with Crippen LogP contribution in [0.3, 0.4) is 0 Å². The highest BCUT2D eigenvalue weighted by Gasteiger charge is 2.27. The zero-order valence-electron chi connectivity index (χ0n) is 11.9. The number of fused-ring (bicyclic) bond motifs is 1. The maximum Gasteiger partial charge on any atom is 0.323 e. The first-order valence-electron chi connectivity index (χ1n) is 6.81. The standard InChI is InChI=1S/C15H16BrN3O2/c1-9-5-11-3-4-13(16)7-12(11)8-19(9)15(20)17-14-6-10(2)21-18-14/h3-4,6-7,9H,5,8H2,1-2H3,(H,17,18,20). The topological polar surface area (TPSA) is 58.4 Å². The molecule has 1 atom stereocenters. The molecule has 0 spiro atoms. The third kappa shape index (κ3) is 2.95. The van der Waals surface area contributed by atoms with Crippen molar-refractivity contribution in [1.82, 2.24) is 10.1 Å². The van der Waals surface area contributed by atoms with Gasteiger partial charge in [-0.1, -0.05) is 27.2 Å². The number of hydrogen-bond acceptors (Lipinski definition) is 3. The summed E-state index contributed by atoms with van der Waals surface area (Å²) in [4.78, 5) is 14.2. The highest BCUT2D eigenvalue weighted by Crippen LogP contribution is 2.26. The predicted octanol–water partition coefficient (Wildman–Crippen LogP) is 3.72. The normalized spacial score (nSPS) is 17.5. The fourth-order valence-corrected chi connectivity index (χ4v) is 3.00. The molecule has 110 valence electrons. The van der Waals surface area contributed by atoms with Crippen LogP contribution in [0.15, 0.2) is 33.3 Å². The van der Waals surface area contributed by atoms with Crippen LogP contribution in [0, 0.1) is 6.92 Å². The van der Waals surface area contributed by atoms with Gasteiger partial charge in [-0.2, -0.15) is 0 Å². The van der Waals surface area contributed by atoms with Gasteiger partial charge in [0.2, 0.25) is 0 Å². The van der Waals surface area contributed by atoms with Crippen LogP contribution >= 0.6 is 15.9 Å². The molecule has 0 fully saturated rings. The Morgan fingerprint density at radius 1 is 1.43 bits per heavy atom. The number of benzene rings is 1. The van der Waals surface area contributed by atoms with E-state index in [0.29, 0.717) is 18.1 Å². The number of nitrogens with zero attached hydrogens (tertiary/aromatic N) is 2. The van der Waals surface area contributed by atoms with Gasteiger partial charge < -0.3 is 9.42 Å². The Bertz CT molecular complexity index is 683. The van der Waals surface area contributed by atoms with Crippen LogP contribution in [0.25, 0.3) is 0 Å². The van der Waals surface area contributed by atoms with Crippen molar-refractivity contribution in [2.75, 3.05) is 5.32 Å². The first kappa shape index (κ1) is 14.1. The van der Waals surface area contributed by atoms with Crippen LogP contribution in [0.2, 0.25) is 0 Å². The Morgan fingerprint density at radius 2 is 2.24 bits per heavy atom. The SMILES string of the molecule is Cc1cc(NC(=O)N2Cc3cc(Br)ccc3CC2C)no1. The van der Waals surface area contributed by atoms with Gasteiger partial charge in [-0.15, -0.1) is 0 Å². The van der Waals surface area contributed by atoms with E-state index in [-0.39, 0.29) is 12.1 Å². The minimum Gasteiger partial charge on any atom is -0.360 e. The maximum absolute atomic E-state index is 12.4. The monoisotopic (exact) mass is 349 g/mol. The zero-order valence-corrected chi connectivity index (χ0v) is 13.5. The number of carbonyl (C=O) groups excluding carboxylic acids is 1. The van der Waals surface area contributed by atoms with Crippen molar-refractivity contribution in [3.05, 3.63) is 45.6 Å². The smallest absolute Gasteiger partial charge is 0.323 e. The quantitative estimate of drug-likeness (QED) is 0.853. The molecule has 0 bridgehead atoms. The van der Waals surface area contributed by atoms with Crippen LogP contribution in [0.1, 0.15) is 23.8 Å². The molecule has 3 rings (SSSR count). The largest absolute Gasteiger partial charge is 0.360 e. The molecule has 1 N–H and O–H groups in total. The molecule has 1 unspecified atom stereocenters. The molecule has 0 saturated heterocycles. The molecule has 21 heavy (non-hydrogen) atoms. The van der Waals surface area contributed by atoms with E-state index in [2.05, 4.69) is 45.5 Å². The van der Waals surface area contributed by atoms with E-state index < -0.39 is 0 Å². The van der Waals surface area contributed by atoms with Crippen molar-refractivity contribution in [3.63, 3.8) is 0 Å². The Hall–Kier alpha value is -1.82. The van der Waals surface area contributed by atoms with Crippen molar-refractivity contribution in [2.45, 2.75) is 32.9 Å². The average molecular weight is 350 g/mol. The number of hydrogen-bond donors (Lipinski definition) is 1. The predicted molar refractivity (Wildman–Crippen MR) is 83.1 cm³/mol. The molecular formula is C15H16BrN3O2. The van der Waals surface area contributed by atoms with Gasteiger partial charge in [0.1, 0.15) is 5.76 Å².